The predicted octanol–water partition coefficient (Wildman–Crippen LogP) is 1.59. The number of hydrogen-bond acceptors (Lipinski definition) is 3. The molecular formula is C5H3NOS. The van der Waals surface area contributed by atoms with E-state index in [1.165, 1.54) is 6.26 Å². The van der Waals surface area contributed by atoms with E-state index in [2.05, 4.69) is 0 Å². The Morgan fingerprint density at radius 1 is 1.75 bits per heavy atom. The third-order valence-electron chi connectivity index (χ3n) is 0.663. The molecule has 0 aliphatic carbocycles. The topological polar surface area (TPSA) is 33.0 Å². The fourth-order valence-corrected chi connectivity index (χ4v) is 0.726. The first-order valence-electron chi connectivity index (χ1n) is 2.02. The first-order valence-corrected chi connectivity index (χ1v) is 2.83. The Hall–Kier alpha value is -0.880. The van der Waals surface area contributed by atoms with E-state index < -0.39 is 0 Å². The molecule has 0 fully saturated rings. The minimum atomic E-state index is 0.640. The van der Waals surface area contributed by atoms with Gasteiger partial charge < -0.3 is 4.18 Å². The van der Waals surface area contributed by atoms with Crippen LogP contribution in [0.2, 0.25) is 0 Å². The van der Waals surface area contributed by atoms with Gasteiger partial charge in [0, 0.05) is 5.41 Å². The number of hydrogen-bond donors (Lipinski definition) is 0. The van der Waals surface area contributed by atoms with Crippen molar-refractivity contribution in [3.05, 3.63) is 23.3 Å². The number of nitrogens with zero attached hydrogens (tertiary/aromatic N) is 1. The average molecular weight is 125 g/mol. The lowest BCUT2D eigenvalue weighted by Crippen LogP contribution is -1.75. The van der Waals surface area contributed by atoms with Gasteiger partial charge in [0.15, 0.2) is 0 Å². The minimum absolute atomic E-state index is 0.640. The molecule has 0 aromatic carbocycles. The van der Waals surface area contributed by atoms with Crippen LogP contribution in [0.1, 0.15) is 0 Å². The third-order valence-corrected chi connectivity index (χ3v) is 1.24. The van der Waals surface area contributed by atoms with Crippen LogP contribution in [-0.4, -0.2) is 0 Å². The van der Waals surface area contributed by atoms with E-state index in [9.17, 15) is 0 Å². The SMILES string of the molecule is N#CC1=CSOC=C1. The van der Waals surface area contributed by atoms with Crippen LogP contribution in [-0.2, 0) is 4.18 Å². The van der Waals surface area contributed by atoms with Crippen molar-refractivity contribution in [1.82, 2.24) is 0 Å². The van der Waals surface area contributed by atoms with Crippen molar-refractivity contribution in [2.75, 3.05) is 0 Å². The lowest BCUT2D eigenvalue weighted by Gasteiger charge is -1.96. The summed E-state index contributed by atoms with van der Waals surface area (Å²) in [7, 11) is 0. The third kappa shape index (κ3) is 1.04. The van der Waals surface area contributed by atoms with Gasteiger partial charge in [0.2, 0.25) is 0 Å². The van der Waals surface area contributed by atoms with Gasteiger partial charge in [0.25, 0.3) is 0 Å². The summed E-state index contributed by atoms with van der Waals surface area (Å²) < 4.78 is 4.71. The standard InChI is InChI=1S/C5H3NOS/c6-3-5-1-2-7-8-4-5/h1-2,4H. The van der Waals surface area contributed by atoms with Crippen molar-refractivity contribution >= 4 is 12.0 Å². The van der Waals surface area contributed by atoms with Gasteiger partial charge in [-0.1, -0.05) is 0 Å². The zero-order chi connectivity index (χ0) is 5.82. The van der Waals surface area contributed by atoms with E-state index in [0.717, 1.165) is 12.0 Å². The van der Waals surface area contributed by atoms with E-state index in [4.69, 9.17) is 9.44 Å². The molecule has 8 heavy (non-hydrogen) atoms. The van der Waals surface area contributed by atoms with Crippen LogP contribution >= 0.6 is 12.0 Å². The maximum atomic E-state index is 8.25. The van der Waals surface area contributed by atoms with Gasteiger partial charge in [0.1, 0.15) is 6.26 Å². The summed E-state index contributed by atoms with van der Waals surface area (Å²) in [6.45, 7) is 0. The number of rotatable bonds is 0. The Morgan fingerprint density at radius 3 is 3.00 bits per heavy atom. The molecule has 0 bridgehead atoms. The summed E-state index contributed by atoms with van der Waals surface area (Å²) in [5, 5.41) is 9.91. The van der Waals surface area contributed by atoms with Crippen LogP contribution in [0.25, 0.3) is 0 Å². The van der Waals surface area contributed by atoms with Gasteiger partial charge in [-0.3, -0.25) is 0 Å². The Kier molecular flexibility index (Phi) is 1.60. The summed E-state index contributed by atoms with van der Waals surface area (Å²) in [4.78, 5) is 0. The highest BCUT2D eigenvalue weighted by Crippen LogP contribution is 2.14. The fourth-order valence-electron chi connectivity index (χ4n) is 0.316. The van der Waals surface area contributed by atoms with E-state index in [0.29, 0.717) is 5.57 Å². The highest BCUT2D eigenvalue weighted by atomic mass is 32.2. The molecule has 0 radical (unpaired) electrons. The molecule has 0 atom stereocenters. The van der Waals surface area contributed by atoms with Crippen LogP contribution in [0.3, 0.4) is 0 Å². The Morgan fingerprint density at radius 2 is 2.62 bits per heavy atom. The molecule has 0 saturated heterocycles. The number of allylic oxidation sites excluding steroid dienone is 2. The fraction of sp³-hybridized carbons (Fsp3) is 0. The maximum Gasteiger partial charge on any atom is 0.103 e. The van der Waals surface area contributed by atoms with Crippen LogP contribution in [0.4, 0.5) is 0 Å². The summed E-state index contributed by atoms with van der Waals surface area (Å²) in [5.41, 5.74) is 0.640. The van der Waals surface area contributed by atoms with Gasteiger partial charge in [-0.05, 0) is 6.08 Å². The lowest BCUT2D eigenvalue weighted by atomic mass is 10.3. The van der Waals surface area contributed by atoms with Crippen molar-refractivity contribution in [2.24, 2.45) is 0 Å². The van der Waals surface area contributed by atoms with Gasteiger partial charge >= 0.3 is 0 Å². The first kappa shape index (κ1) is 5.26. The average Bonchev–Trinajstić information content (AvgIpc) is 1.90. The van der Waals surface area contributed by atoms with E-state index >= 15 is 0 Å². The molecule has 0 spiro atoms. The smallest absolute Gasteiger partial charge is 0.103 e. The van der Waals surface area contributed by atoms with Gasteiger partial charge in [0.05, 0.1) is 23.7 Å². The molecule has 1 rings (SSSR count). The second-order valence-electron chi connectivity index (χ2n) is 1.18. The molecule has 40 valence electrons. The van der Waals surface area contributed by atoms with Gasteiger partial charge in [-0.25, -0.2) is 0 Å². The summed E-state index contributed by atoms with van der Waals surface area (Å²) in [5.74, 6) is 0. The zero-order valence-electron chi connectivity index (χ0n) is 4.00. The summed E-state index contributed by atoms with van der Waals surface area (Å²) >= 11 is 1.16. The van der Waals surface area contributed by atoms with Gasteiger partial charge in [-0.15, -0.1) is 0 Å². The Balaban J connectivity index is 2.68. The second-order valence-corrected chi connectivity index (χ2v) is 1.80. The van der Waals surface area contributed by atoms with Crippen LogP contribution in [0.5, 0.6) is 0 Å². The molecule has 1 heterocycles. The summed E-state index contributed by atoms with van der Waals surface area (Å²) in [6, 6.07) is 1.98. The summed E-state index contributed by atoms with van der Waals surface area (Å²) in [6.07, 6.45) is 3.11. The normalized spacial score (nSPS) is 16.1. The molecule has 0 aromatic rings. The Bertz CT molecular complexity index is 177. The molecule has 0 aromatic heterocycles. The van der Waals surface area contributed by atoms with Crippen LogP contribution in [0, 0.1) is 11.3 Å². The monoisotopic (exact) mass is 125 g/mol. The van der Waals surface area contributed by atoms with Crippen LogP contribution < -0.4 is 0 Å². The minimum Gasteiger partial charge on any atom is -0.429 e. The first-order chi connectivity index (χ1) is 3.93. The van der Waals surface area contributed by atoms with Crippen molar-refractivity contribution in [3.8, 4) is 6.07 Å². The molecule has 1 aliphatic heterocycles. The maximum absolute atomic E-state index is 8.25. The largest absolute Gasteiger partial charge is 0.429 e. The van der Waals surface area contributed by atoms with Crippen molar-refractivity contribution in [2.45, 2.75) is 0 Å². The van der Waals surface area contributed by atoms with Crippen molar-refractivity contribution in [3.63, 3.8) is 0 Å². The highest BCUT2D eigenvalue weighted by molar-refractivity contribution is 7.97. The molecule has 0 amide bonds. The Labute approximate surface area is 51.7 Å². The van der Waals surface area contributed by atoms with Crippen molar-refractivity contribution in [1.29, 1.82) is 5.26 Å². The van der Waals surface area contributed by atoms with E-state index in [-0.39, 0.29) is 0 Å². The zero-order valence-corrected chi connectivity index (χ0v) is 4.81. The molecule has 0 saturated carbocycles. The highest BCUT2D eigenvalue weighted by Gasteiger charge is 1.93. The second kappa shape index (κ2) is 2.43. The van der Waals surface area contributed by atoms with Crippen molar-refractivity contribution < 1.29 is 4.18 Å². The van der Waals surface area contributed by atoms with Gasteiger partial charge in [-0.2, -0.15) is 5.26 Å². The van der Waals surface area contributed by atoms with Crippen LogP contribution in [0.15, 0.2) is 23.3 Å². The molecular weight excluding hydrogens is 122 g/mol. The predicted molar refractivity (Wildman–Crippen MR) is 31.5 cm³/mol. The molecule has 2 nitrogen and oxygen atoms in total. The quantitative estimate of drug-likeness (QED) is 0.461. The molecule has 1 aliphatic rings. The molecule has 0 N–H and O–H groups in total. The molecule has 3 heteroatoms. The number of nitriles is 1. The van der Waals surface area contributed by atoms with E-state index in [1.807, 2.05) is 6.07 Å². The molecule has 0 unspecified atom stereocenters. The lowest BCUT2D eigenvalue weighted by molar-refractivity contribution is 0.568. The van der Waals surface area contributed by atoms with E-state index in [1.54, 1.807) is 11.5 Å².